The summed E-state index contributed by atoms with van der Waals surface area (Å²) in [5.41, 5.74) is -0.858. The average molecular weight is 407 g/mol. The summed E-state index contributed by atoms with van der Waals surface area (Å²) in [5, 5.41) is 8.84. The molecular weight excluding hydrogens is 379 g/mol. The van der Waals surface area contributed by atoms with Crippen molar-refractivity contribution in [3.05, 3.63) is 29.8 Å². The van der Waals surface area contributed by atoms with E-state index in [1.54, 1.807) is 0 Å². The highest BCUT2D eigenvalue weighted by Crippen LogP contribution is 2.33. The Morgan fingerprint density at radius 2 is 1.59 bits per heavy atom. The van der Waals surface area contributed by atoms with Gasteiger partial charge in [-0.3, -0.25) is 0 Å². The summed E-state index contributed by atoms with van der Waals surface area (Å²) in [7, 11) is -2.31. The van der Waals surface area contributed by atoms with E-state index in [4.69, 9.17) is 5.11 Å². The van der Waals surface area contributed by atoms with E-state index >= 15 is 0 Å². The Balaban J connectivity index is 1.90. The van der Waals surface area contributed by atoms with Crippen molar-refractivity contribution in [2.75, 3.05) is 20.2 Å². The van der Waals surface area contributed by atoms with Crippen LogP contribution < -0.4 is 0 Å². The second-order valence-corrected chi connectivity index (χ2v) is 9.46. The van der Waals surface area contributed by atoms with Crippen LogP contribution in [-0.2, 0) is 16.2 Å². The molecule has 1 aliphatic carbocycles. The van der Waals surface area contributed by atoms with Crippen molar-refractivity contribution in [1.82, 2.24) is 4.31 Å². The van der Waals surface area contributed by atoms with Crippen molar-refractivity contribution in [2.24, 2.45) is 11.8 Å². The van der Waals surface area contributed by atoms with Gasteiger partial charge >= 0.3 is 6.18 Å². The minimum Gasteiger partial charge on any atom is -0.396 e. The van der Waals surface area contributed by atoms with Crippen molar-refractivity contribution in [3.63, 3.8) is 0 Å². The number of hydrogen-bond donors (Lipinski definition) is 1. The van der Waals surface area contributed by atoms with Crippen molar-refractivity contribution < 1.29 is 26.7 Å². The normalized spacial score (nSPS) is 21.6. The van der Waals surface area contributed by atoms with Gasteiger partial charge in [-0.2, -0.15) is 13.2 Å². The van der Waals surface area contributed by atoms with Crippen LogP contribution in [0.1, 0.15) is 50.5 Å². The highest BCUT2D eigenvalue weighted by molar-refractivity contribution is 7.89. The van der Waals surface area contributed by atoms with E-state index in [1.165, 1.54) is 11.4 Å². The van der Waals surface area contributed by atoms with E-state index in [-0.39, 0.29) is 17.4 Å². The zero-order chi connectivity index (χ0) is 20.1. The maximum absolute atomic E-state index is 12.6. The SMILES string of the molecule is CN(CC1CCC(CCCCO)CC1)S(=O)(=O)c1ccc(C(F)(F)F)cc1. The molecule has 0 aliphatic heterocycles. The second kappa shape index (κ2) is 9.39. The van der Waals surface area contributed by atoms with Gasteiger partial charge in [0.05, 0.1) is 10.5 Å². The molecule has 0 heterocycles. The van der Waals surface area contributed by atoms with Crippen LogP contribution in [0.2, 0.25) is 0 Å². The van der Waals surface area contributed by atoms with Crippen LogP contribution in [0.5, 0.6) is 0 Å². The van der Waals surface area contributed by atoms with Gasteiger partial charge in [-0.25, -0.2) is 12.7 Å². The molecule has 0 aromatic heterocycles. The summed E-state index contributed by atoms with van der Waals surface area (Å²) in [6.45, 7) is 0.606. The fourth-order valence-corrected chi connectivity index (χ4v) is 4.95. The first kappa shape index (κ1) is 22.2. The Bertz CT molecular complexity index is 681. The van der Waals surface area contributed by atoms with E-state index in [0.29, 0.717) is 12.5 Å². The number of alkyl halides is 3. The Morgan fingerprint density at radius 3 is 2.11 bits per heavy atom. The summed E-state index contributed by atoms with van der Waals surface area (Å²) >= 11 is 0. The lowest BCUT2D eigenvalue weighted by molar-refractivity contribution is -0.137. The van der Waals surface area contributed by atoms with Gasteiger partial charge in [0.1, 0.15) is 0 Å². The van der Waals surface area contributed by atoms with Crippen LogP contribution in [-0.4, -0.2) is 38.0 Å². The zero-order valence-electron chi connectivity index (χ0n) is 15.6. The summed E-state index contributed by atoms with van der Waals surface area (Å²) in [6, 6.07) is 3.65. The van der Waals surface area contributed by atoms with Crippen molar-refractivity contribution >= 4 is 10.0 Å². The Labute approximate surface area is 159 Å². The minimum absolute atomic E-state index is 0.115. The summed E-state index contributed by atoms with van der Waals surface area (Å²) in [5.74, 6) is 0.915. The molecule has 0 amide bonds. The predicted octanol–water partition coefficient (Wildman–Crippen LogP) is 4.29. The van der Waals surface area contributed by atoms with Gasteiger partial charge in [-0.15, -0.1) is 0 Å². The van der Waals surface area contributed by atoms with Crippen LogP contribution >= 0.6 is 0 Å². The topological polar surface area (TPSA) is 57.6 Å². The van der Waals surface area contributed by atoms with Crippen molar-refractivity contribution in [1.29, 1.82) is 0 Å². The molecule has 1 saturated carbocycles. The first-order chi connectivity index (χ1) is 12.6. The van der Waals surface area contributed by atoms with Gasteiger partial charge in [-0.05, 0) is 55.4 Å². The molecule has 0 spiro atoms. The fourth-order valence-electron chi connectivity index (χ4n) is 3.71. The first-order valence-corrected chi connectivity index (χ1v) is 10.8. The number of benzene rings is 1. The molecule has 1 N–H and O–H groups in total. The van der Waals surface area contributed by atoms with Gasteiger partial charge in [-0.1, -0.05) is 25.7 Å². The number of sulfonamides is 1. The van der Waals surface area contributed by atoms with E-state index < -0.39 is 21.8 Å². The lowest BCUT2D eigenvalue weighted by Crippen LogP contribution is -2.33. The zero-order valence-corrected chi connectivity index (χ0v) is 16.4. The maximum Gasteiger partial charge on any atom is 0.416 e. The standard InChI is InChI=1S/C19H28F3NO3S/c1-23(14-16-7-5-15(6-8-16)4-2-3-13-24)27(25,26)18-11-9-17(10-12-18)19(20,21)22/h9-12,15-16,24H,2-8,13-14H2,1H3. The molecule has 27 heavy (non-hydrogen) atoms. The molecular formula is C19H28F3NO3S. The van der Waals surface area contributed by atoms with E-state index in [2.05, 4.69) is 0 Å². The third kappa shape index (κ3) is 6.19. The quantitative estimate of drug-likeness (QED) is 0.654. The number of nitrogens with zero attached hydrogens (tertiary/aromatic N) is 1. The number of rotatable bonds is 8. The molecule has 1 aromatic rings. The summed E-state index contributed by atoms with van der Waals surface area (Å²) in [6.07, 6.45) is 2.50. The molecule has 8 heteroatoms. The molecule has 0 radical (unpaired) electrons. The van der Waals surface area contributed by atoms with Gasteiger partial charge in [0, 0.05) is 20.2 Å². The highest BCUT2D eigenvalue weighted by atomic mass is 32.2. The van der Waals surface area contributed by atoms with Crippen LogP contribution in [0.4, 0.5) is 13.2 Å². The average Bonchev–Trinajstić information content (AvgIpc) is 2.62. The minimum atomic E-state index is -4.48. The van der Waals surface area contributed by atoms with Crippen LogP contribution in [0.3, 0.4) is 0 Å². The Kier molecular flexibility index (Phi) is 7.71. The summed E-state index contributed by atoms with van der Waals surface area (Å²) < 4.78 is 64.4. The summed E-state index contributed by atoms with van der Waals surface area (Å²) in [4.78, 5) is -0.115. The third-order valence-electron chi connectivity index (χ3n) is 5.39. The largest absolute Gasteiger partial charge is 0.416 e. The fraction of sp³-hybridized carbons (Fsp3) is 0.684. The molecule has 1 aromatic carbocycles. The van der Waals surface area contributed by atoms with Crippen LogP contribution in [0.15, 0.2) is 29.2 Å². The van der Waals surface area contributed by atoms with Gasteiger partial charge in [0.25, 0.3) is 0 Å². The number of aliphatic hydroxyl groups excluding tert-OH is 1. The van der Waals surface area contributed by atoms with Gasteiger partial charge < -0.3 is 5.11 Å². The van der Waals surface area contributed by atoms with Crippen LogP contribution in [0.25, 0.3) is 0 Å². The Hall–Kier alpha value is -1.12. The second-order valence-electron chi connectivity index (χ2n) is 7.41. The maximum atomic E-state index is 12.6. The molecule has 1 aliphatic rings. The van der Waals surface area contributed by atoms with Gasteiger partial charge in [0.2, 0.25) is 10.0 Å². The number of halogens is 3. The van der Waals surface area contributed by atoms with E-state index in [9.17, 15) is 21.6 Å². The Morgan fingerprint density at radius 1 is 1.04 bits per heavy atom. The van der Waals surface area contributed by atoms with Crippen molar-refractivity contribution in [3.8, 4) is 0 Å². The third-order valence-corrected chi connectivity index (χ3v) is 7.23. The van der Waals surface area contributed by atoms with Crippen molar-refractivity contribution in [2.45, 2.75) is 56.0 Å². The van der Waals surface area contributed by atoms with E-state index in [1.807, 2.05) is 0 Å². The number of aliphatic hydroxyl groups is 1. The molecule has 4 nitrogen and oxygen atoms in total. The smallest absolute Gasteiger partial charge is 0.396 e. The van der Waals surface area contributed by atoms with Gasteiger partial charge in [0.15, 0.2) is 0 Å². The predicted molar refractivity (Wildman–Crippen MR) is 97.6 cm³/mol. The lowest BCUT2D eigenvalue weighted by Gasteiger charge is -2.31. The van der Waals surface area contributed by atoms with Crippen LogP contribution in [0, 0.1) is 11.8 Å². The lowest BCUT2D eigenvalue weighted by atomic mass is 9.80. The molecule has 0 unspecified atom stereocenters. The number of hydrogen-bond acceptors (Lipinski definition) is 3. The monoisotopic (exact) mass is 407 g/mol. The first-order valence-electron chi connectivity index (χ1n) is 9.39. The molecule has 0 bridgehead atoms. The molecule has 154 valence electrons. The molecule has 0 atom stereocenters. The highest BCUT2D eigenvalue weighted by Gasteiger charge is 2.32. The molecule has 2 rings (SSSR count). The van der Waals surface area contributed by atoms with E-state index in [0.717, 1.165) is 69.2 Å². The number of unbranched alkanes of at least 4 members (excludes halogenated alkanes) is 1. The molecule has 1 fully saturated rings. The molecule has 0 saturated heterocycles.